The van der Waals surface area contributed by atoms with E-state index in [1.165, 1.54) is 12.1 Å². The molecule has 1 aliphatic heterocycles. The van der Waals surface area contributed by atoms with E-state index >= 15 is 0 Å². The molecule has 92 valence electrons. The summed E-state index contributed by atoms with van der Waals surface area (Å²) in [6.07, 6.45) is 0.809. The van der Waals surface area contributed by atoms with E-state index in [2.05, 4.69) is 5.32 Å². The fourth-order valence-electron chi connectivity index (χ4n) is 2.00. The maximum absolute atomic E-state index is 13.2. The standard InChI is InChI=1S/C13H17FN2O/c1-9(2)15-8-13(17)16-6-5-10-3-4-11(14)7-12(10)16/h3-4,7,9,15H,5-6,8H2,1-2H3. The molecule has 0 bridgehead atoms. The number of fused-ring (bicyclic) bond motifs is 1. The number of benzene rings is 1. The van der Waals surface area contributed by atoms with Crippen LogP contribution in [0.5, 0.6) is 0 Å². The van der Waals surface area contributed by atoms with Gasteiger partial charge in [0, 0.05) is 18.3 Å². The average molecular weight is 236 g/mol. The van der Waals surface area contributed by atoms with E-state index in [0.717, 1.165) is 17.7 Å². The number of rotatable bonds is 3. The second-order valence-corrected chi connectivity index (χ2v) is 4.60. The summed E-state index contributed by atoms with van der Waals surface area (Å²) in [6.45, 7) is 4.93. The summed E-state index contributed by atoms with van der Waals surface area (Å²) in [5.74, 6) is -0.289. The van der Waals surface area contributed by atoms with Crippen LogP contribution < -0.4 is 10.2 Å². The van der Waals surface area contributed by atoms with Gasteiger partial charge in [-0.25, -0.2) is 4.39 Å². The monoisotopic (exact) mass is 236 g/mol. The number of amides is 1. The van der Waals surface area contributed by atoms with Crippen molar-refractivity contribution in [1.82, 2.24) is 5.32 Å². The van der Waals surface area contributed by atoms with Crippen LogP contribution in [-0.4, -0.2) is 25.0 Å². The average Bonchev–Trinajstić information content (AvgIpc) is 2.68. The summed E-state index contributed by atoms with van der Waals surface area (Å²) in [7, 11) is 0. The maximum Gasteiger partial charge on any atom is 0.240 e. The van der Waals surface area contributed by atoms with Crippen molar-refractivity contribution in [2.24, 2.45) is 0 Å². The van der Waals surface area contributed by atoms with Crippen molar-refractivity contribution in [3.63, 3.8) is 0 Å². The highest BCUT2D eigenvalue weighted by atomic mass is 19.1. The first-order valence-electron chi connectivity index (χ1n) is 5.90. The molecule has 1 amide bonds. The van der Waals surface area contributed by atoms with Crippen molar-refractivity contribution in [2.45, 2.75) is 26.3 Å². The molecule has 2 rings (SSSR count). The lowest BCUT2D eigenvalue weighted by Crippen LogP contribution is -2.39. The van der Waals surface area contributed by atoms with Gasteiger partial charge in [0.2, 0.25) is 5.91 Å². The molecule has 0 radical (unpaired) electrons. The number of hydrogen-bond acceptors (Lipinski definition) is 2. The first-order valence-corrected chi connectivity index (χ1v) is 5.90. The maximum atomic E-state index is 13.2. The van der Waals surface area contributed by atoms with E-state index in [9.17, 15) is 9.18 Å². The molecule has 1 aromatic carbocycles. The number of carbonyl (C=O) groups excluding carboxylic acids is 1. The number of anilines is 1. The van der Waals surface area contributed by atoms with Crippen LogP contribution >= 0.6 is 0 Å². The highest BCUT2D eigenvalue weighted by Crippen LogP contribution is 2.28. The van der Waals surface area contributed by atoms with Crippen molar-refractivity contribution in [2.75, 3.05) is 18.0 Å². The summed E-state index contributed by atoms with van der Waals surface area (Å²) >= 11 is 0. The van der Waals surface area contributed by atoms with Crippen LogP contribution in [0.3, 0.4) is 0 Å². The summed E-state index contributed by atoms with van der Waals surface area (Å²) < 4.78 is 13.2. The van der Waals surface area contributed by atoms with E-state index in [4.69, 9.17) is 0 Å². The van der Waals surface area contributed by atoms with Crippen LogP contribution in [0.1, 0.15) is 19.4 Å². The van der Waals surface area contributed by atoms with Gasteiger partial charge in [-0.1, -0.05) is 19.9 Å². The third-order valence-corrected chi connectivity index (χ3v) is 2.91. The second kappa shape index (κ2) is 4.84. The Balaban J connectivity index is 2.10. The van der Waals surface area contributed by atoms with Crippen LogP contribution in [0.25, 0.3) is 0 Å². The molecule has 3 nitrogen and oxygen atoms in total. The Kier molecular flexibility index (Phi) is 3.43. The normalized spacial score (nSPS) is 14.2. The van der Waals surface area contributed by atoms with Crippen LogP contribution in [0.4, 0.5) is 10.1 Å². The van der Waals surface area contributed by atoms with E-state index < -0.39 is 0 Å². The zero-order valence-corrected chi connectivity index (χ0v) is 10.2. The van der Waals surface area contributed by atoms with Crippen molar-refractivity contribution in [3.05, 3.63) is 29.6 Å². The van der Waals surface area contributed by atoms with E-state index in [-0.39, 0.29) is 17.8 Å². The van der Waals surface area contributed by atoms with Crippen molar-refractivity contribution in [1.29, 1.82) is 0 Å². The third kappa shape index (κ3) is 2.64. The summed E-state index contributed by atoms with van der Waals surface area (Å²) in [5.41, 5.74) is 1.77. The van der Waals surface area contributed by atoms with Gasteiger partial charge in [0.05, 0.1) is 6.54 Å². The van der Waals surface area contributed by atoms with Gasteiger partial charge in [-0.2, -0.15) is 0 Å². The third-order valence-electron chi connectivity index (χ3n) is 2.91. The van der Waals surface area contributed by atoms with Gasteiger partial charge in [-0.15, -0.1) is 0 Å². The largest absolute Gasteiger partial charge is 0.311 e. The molecule has 17 heavy (non-hydrogen) atoms. The summed E-state index contributed by atoms with van der Waals surface area (Å²) in [4.78, 5) is 13.6. The Morgan fingerprint density at radius 2 is 2.29 bits per heavy atom. The molecule has 0 atom stereocenters. The fraction of sp³-hybridized carbons (Fsp3) is 0.462. The molecular weight excluding hydrogens is 219 g/mol. The van der Waals surface area contributed by atoms with Crippen LogP contribution in [0.2, 0.25) is 0 Å². The van der Waals surface area contributed by atoms with Crippen LogP contribution in [-0.2, 0) is 11.2 Å². The Labute approximate surface area is 101 Å². The number of nitrogens with one attached hydrogen (secondary N) is 1. The Morgan fingerprint density at radius 1 is 1.53 bits per heavy atom. The molecule has 1 aliphatic rings. The molecule has 0 saturated carbocycles. The fourth-order valence-corrected chi connectivity index (χ4v) is 2.00. The van der Waals surface area contributed by atoms with Gasteiger partial charge in [0.25, 0.3) is 0 Å². The lowest BCUT2D eigenvalue weighted by molar-refractivity contribution is -0.117. The molecule has 0 fully saturated rings. The van der Waals surface area contributed by atoms with E-state index in [0.29, 0.717) is 13.1 Å². The lowest BCUT2D eigenvalue weighted by atomic mass is 10.2. The summed E-state index contributed by atoms with van der Waals surface area (Å²) in [5, 5.41) is 3.08. The first kappa shape index (κ1) is 12.0. The molecular formula is C13H17FN2O. The summed E-state index contributed by atoms with van der Waals surface area (Å²) in [6, 6.07) is 4.91. The number of hydrogen-bond donors (Lipinski definition) is 1. The molecule has 1 N–H and O–H groups in total. The molecule has 4 heteroatoms. The minimum atomic E-state index is -0.291. The molecule has 0 aromatic heterocycles. The molecule has 1 heterocycles. The van der Waals surface area contributed by atoms with Gasteiger partial charge in [-0.05, 0) is 24.1 Å². The highest BCUT2D eigenvalue weighted by Gasteiger charge is 2.24. The van der Waals surface area contributed by atoms with Crippen molar-refractivity contribution < 1.29 is 9.18 Å². The van der Waals surface area contributed by atoms with Gasteiger partial charge >= 0.3 is 0 Å². The number of carbonyl (C=O) groups is 1. The topological polar surface area (TPSA) is 32.3 Å². The first-order chi connectivity index (χ1) is 8.08. The van der Waals surface area contributed by atoms with E-state index in [1.807, 2.05) is 13.8 Å². The van der Waals surface area contributed by atoms with Crippen molar-refractivity contribution in [3.8, 4) is 0 Å². The smallest absolute Gasteiger partial charge is 0.240 e. The Bertz CT molecular complexity index is 431. The van der Waals surface area contributed by atoms with E-state index in [1.54, 1.807) is 11.0 Å². The predicted molar refractivity (Wildman–Crippen MR) is 65.6 cm³/mol. The quantitative estimate of drug-likeness (QED) is 0.866. The minimum Gasteiger partial charge on any atom is -0.311 e. The SMILES string of the molecule is CC(C)NCC(=O)N1CCc2ccc(F)cc21. The van der Waals surface area contributed by atoms with Crippen molar-refractivity contribution >= 4 is 11.6 Å². The minimum absolute atomic E-state index is 0.00282. The Hall–Kier alpha value is -1.42. The Morgan fingerprint density at radius 3 is 3.00 bits per heavy atom. The zero-order valence-electron chi connectivity index (χ0n) is 10.2. The number of halogens is 1. The van der Waals surface area contributed by atoms with Gasteiger partial charge in [-0.3, -0.25) is 4.79 Å². The van der Waals surface area contributed by atoms with Gasteiger partial charge in [0.15, 0.2) is 0 Å². The number of nitrogens with zero attached hydrogens (tertiary/aromatic N) is 1. The molecule has 0 unspecified atom stereocenters. The molecule has 1 aromatic rings. The highest BCUT2D eigenvalue weighted by molar-refractivity contribution is 5.96. The van der Waals surface area contributed by atoms with Crippen LogP contribution in [0.15, 0.2) is 18.2 Å². The molecule has 0 saturated heterocycles. The zero-order chi connectivity index (χ0) is 12.4. The van der Waals surface area contributed by atoms with Crippen LogP contribution in [0, 0.1) is 5.82 Å². The predicted octanol–water partition coefficient (Wildman–Crippen LogP) is 1.71. The van der Waals surface area contributed by atoms with Gasteiger partial charge in [0.1, 0.15) is 5.82 Å². The molecule has 0 spiro atoms. The lowest BCUT2D eigenvalue weighted by Gasteiger charge is -2.18. The molecule has 0 aliphatic carbocycles. The van der Waals surface area contributed by atoms with Gasteiger partial charge < -0.3 is 10.2 Å². The second-order valence-electron chi connectivity index (χ2n) is 4.60.